The van der Waals surface area contributed by atoms with E-state index >= 15 is 0 Å². The van der Waals surface area contributed by atoms with E-state index in [1.165, 1.54) is 7.11 Å². The van der Waals surface area contributed by atoms with Gasteiger partial charge in [0.25, 0.3) is 0 Å². The molecule has 1 rings (SSSR count). The molecule has 138 valence electrons. The van der Waals surface area contributed by atoms with Crippen molar-refractivity contribution in [3.05, 3.63) is 13.0 Å². The average Bonchev–Trinajstić information content (AvgIpc) is 2.55. The van der Waals surface area contributed by atoms with Crippen LogP contribution in [-0.4, -0.2) is 105 Å². The first-order valence-corrected chi connectivity index (χ1v) is 6.99. The van der Waals surface area contributed by atoms with Crippen LogP contribution in [-0.2, 0) is 14.2 Å². The molecule has 0 aliphatic carbocycles. The molecule has 0 amide bonds. The van der Waals surface area contributed by atoms with Crippen LogP contribution in [0.5, 0.6) is 0 Å². The molecule has 8 unspecified atom stereocenters. The molecule has 0 aromatic heterocycles. The Bertz CT molecular complexity index is 334. The zero-order valence-electron chi connectivity index (χ0n) is 13.5. The normalized spacial score (nSPS) is 34.2. The second-order valence-electron chi connectivity index (χ2n) is 5.07. The Labute approximate surface area is 161 Å². The zero-order chi connectivity index (χ0) is 17.6. The summed E-state index contributed by atoms with van der Waals surface area (Å²) in [5, 5.41) is 66.2. The smallest absolute Gasteiger partial charge is 0.542 e. The fourth-order valence-corrected chi connectivity index (χ4v) is 2.09. The molecular formula is C13H24NaO10-. The molecule has 11 heteroatoms. The van der Waals surface area contributed by atoms with Gasteiger partial charge < -0.3 is 50.0 Å². The van der Waals surface area contributed by atoms with Gasteiger partial charge in [-0.2, -0.15) is 6.61 Å². The summed E-state index contributed by atoms with van der Waals surface area (Å²) < 4.78 is 15.3. The molecule has 1 heterocycles. The van der Waals surface area contributed by atoms with Crippen molar-refractivity contribution in [3.63, 3.8) is 0 Å². The van der Waals surface area contributed by atoms with Crippen molar-refractivity contribution < 1.29 is 79.5 Å². The van der Waals surface area contributed by atoms with Crippen molar-refractivity contribution >= 4 is 0 Å². The van der Waals surface area contributed by atoms with Gasteiger partial charge in [-0.05, 0) is 12.2 Å². The number of hydrogen-bond donors (Lipinski definition) is 7. The predicted octanol–water partition coefficient (Wildman–Crippen LogP) is -7.10. The molecule has 10 nitrogen and oxygen atoms in total. The van der Waals surface area contributed by atoms with Crippen LogP contribution in [0.1, 0.15) is 0 Å². The second-order valence-corrected chi connectivity index (χ2v) is 5.07. The maximum atomic E-state index is 9.99. The minimum Gasteiger partial charge on any atom is -0.542 e. The summed E-state index contributed by atoms with van der Waals surface area (Å²) in [4.78, 5) is 0. The van der Waals surface area contributed by atoms with Crippen LogP contribution in [0.2, 0.25) is 0 Å². The van der Waals surface area contributed by atoms with Crippen LogP contribution in [0.25, 0.3) is 0 Å². The quantitative estimate of drug-likeness (QED) is 0.154. The fraction of sp³-hybridized carbons (Fsp3) is 0.846. The molecule has 7 N–H and O–H groups in total. The molecule has 0 radical (unpaired) electrons. The molecular weight excluding hydrogens is 339 g/mol. The molecule has 0 aromatic carbocycles. The number of rotatable bonds is 9. The minimum absolute atomic E-state index is 0. The Hall–Kier alpha value is 0.600. The Morgan fingerprint density at radius 1 is 1.08 bits per heavy atom. The van der Waals surface area contributed by atoms with Gasteiger partial charge in [-0.15, -0.1) is 0 Å². The molecule has 1 saturated heterocycles. The monoisotopic (exact) mass is 363 g/mol. The van der Waals surface area contributed by atoms with Crippen LogP contribution in [0, 0.1) is 13.0 Å². The summed E-state index contributed by atoms with van der Waals surface area (Å²) in [6.07, 6.45) is -10.2. The number of aliphatic hydroxyl groups is 7. The SMILES string of the molecule is COC1OC(CO)C(O)C(O)C1O[CH-]C(O)C(O)C(O)[CH-]CO.[Na+]. The first-order valence-electron chi connectivity index (χ1n) is 6.99. The van der Waals surface area contributed by atoms with Crippen LogP contribution < -0.4 is 29.6 Å². The Morgan fingerprint density at radius 2 is 1.71 bits per heavy atom. The summed E-state index contributed by atoms with van der Waals surface area (Å²) in [6, 6.07) is 0. The maximum Gasteiger partial charge on any atom is 1.00 e. The molecule has 1 aliphatic heterocycles. The first kappa shape index (κ1) is 24.6. The number of aliphatic hydroxyl groups excluding tert-OH is 7. The van der Waals surface area contributed by atoms with Gasteiger partial charge in [0, 0.05) is 7.11 Å². The van der Waals surface area contributed by atoms with Crippen LogP contribution in [0.3, 0.4) is 0 Å². The van der Waals surface area contributed by atoms with E-state index in [1.54, 1.807) is 0 Å². The molecule has 24 heavy (non-hydrogen) atoms. The third kappa shape index (κ3) is 6.40. The fourth-order valence-electron chi connectivity index (χ4n) is 2.09. The van der Waals surface area contributed by atoms with Crippen molar-refractivity contribution in [1.29, 1.82) is 0 Å². The largest absolute Gasteiger partial charge is 1.00 e. The average molecular weight is 363 g/mol. The van der Waals surface area contributed by atoms with E-state index in [0.717, 1.165) is 13.0 Å². The molecule has 1 aliphatic rings. The standard InChI is InChI=1S/C13H24O10.Na/c1-21-13-12(11(20)10(19)8(4-15)23-13)22-5-7(17)9(18)6(16)2-3-14;/h2,5-20H,3-4H2,1H3;/q-2;+1. The first-order chi connectivity index (χ1) is 10.9. The molecule has 0 saturated carbocycles. The Morgan fingerprint density at radius 3 is 2.21 bits per heavy atom. The summed E-state index contributed by atoms with van der Waals surface area (Å²) in [5.74, 6) is 0. The van der Waals surface area contributed by atoms with E-state index in [0.29, 0.717) is 0 Å². The topological polar surface area (TPSA) is 169 Å². The van der Waals surface area contributed by atoms with Crippen LogP contribution in [0.15, 0.2) is 0 Å². The van der Waals surface area contributed by atoms with Gasteiger partial charge in [0.05, 0.1) is 12.7 Å². The number of methoxy groups -OCH3 is 1. The molecule has 8 atom stereocenters. The van der Waals surface area contributed by atoms with Gasteiger partial charge in [-0.25, -0.2) is 0 Å². The number of ether oxygens (including phenoxy) is 3. The minimum atomic E-state index is -1.67. The maximum absolute atomic E-state index is 9.99. The van der Waals surface area contributed by atoms with Crippen molar-refractivity contribution in [2.24, 2.45) is 0 Å². The van der Waals surface area contributed by atoms with E-state index in [1.807, 2.05) is 0 Å². The van der Waals surface area contributed by atoms with Gasteiger partial charge in [0.15, 0.2) is 6.29 Å². The van der Waals surface area contributed by atoms with E-state index in [-0.39, 0.29) is 29.6 Å². The number of hydrogen-bond acceptors (Lipinski definition) is 10. The third-order valence-corrected chi connectivity index (χ3v) is 3.48. The van der Waals surface area contributed by atoms with Crippen molar-refractivity contribution in [1.82, 2.24) is 0 Å². The van der Waals surface area contributed by atoms with Gasteiger partial charge in [0.1, 0.15) is 24.4 Å². The summed E-state index contributed by atoms with van der Waals surface area (Å²) >= 11 is 0. The van der Waals surface area contributed by atoms with Gasteiger partial charge in [-0.3, -0.25) is 6.42 Å². The van der Waals surface area contributed by atoms with Crippen LogP contribution in [0.4, 0.5) is 0 Å². The molecule has 0 aromatic rings. The van der Waals surface area contributed by atoms with E-state index in [2.05, 4.69) is 0 Å². The van der Waals surface area contributed by atoms with E-state index in [9.17, 15) is 25.5 Å². The van der Waals surface area contributed by atoms with Crippen LogP contribution >= 0.6 is 0 Å². The van der Waals surface area contributed by atoms with E-state index < -0.39 is 62.2 Å². The summed E-state index contributed by atoms with van der Waals surface area (Å²) in [6.45, 7) is -0.297. The summed E-state index contributed by atoms with van der Waals surface area (Å²) in [7, 11) is 1.26. The third-order valence-electron chi connectivity index (χ3n) is 3.48. The van der Waals surface area contributed by atoms with E-state index in [4.69, 9.17) is 24.4 Å². The van der Waals surface area contributed by atoms with Crippen molar-refractivity contribution in [3.8, 4) is 0 Å². The Balaban J connectivity index is 0.00000529. The van der Waals surface area contributed by atoms with Crippen molar-refractivity contribution in [2.75, 3.05) is 20.3 Å². The van der Waals surface area contributed by atoms with Gasteiger partial charge in [0.2, 0.25) is 0 Å². The zero-order valence-corrected chi connectivity index (χ0v) is 15.5. The Kier molecular flexibility index (Phi) is 12.4. The summed E-state index contributed by atoms with van der Waals surface area (Å²) in [5.41, 5.74) is 0. The van der Waals surface area contributed by atoms with Crippen molar-refractivity contribution in [2.45, 2.75) is 49.0 Å². The second kappa shape index (κ2) is 12.1. The van der Waals surface area contributed by atoms with Gasteiger partial charge in [-0.1, -0.05) is 6.61 Å². The molecule has 0 bridgehead atoms. The predicted molar refractivity (Wildman–Crippen MR) is 73.3 cm³/mol. The molecule has 0 spiro atoms. The van der Waals surface area contributed by atoms with Gasteiger partial charge >= 0.3 is 29.6 Å². The molecule has 1 fully saturated rings.